The minimum atomic E-state index is -2.08. The summed E-state index contributed by atoms with van der Waals surface area (Å²) in [7, 11) is 3.50. The number of nitriles is 1. The summed E-state index contributed by atoms with van der Waals surface area (Å²) in [6.45, 7) is 2.97. The molecule has 0 spiro atoms. The van der Waals surface area contributed by atoms with Crippen LogP contribution >= 0.6 is 23.7 Å². The molecule has 3 atom stereocenters. The first kappa shape index (κ1) is 44.0. The van der Waals surface area contributed by atoms with E-state index < -0.39 is 39.8 Å². The van der Waals surface area contributed by atoms with Crippen LogP contribution in [0.25, 0.3) is 11.3 Å². The van der Waals surface area contributed by atoms with Crippen LogP contribution in [0, 0.1) is 29.9 Å². The van der Waals surface area contributed by atoms with Gasteiger partial charge in [0.05, 0.1) is 34.6 Å². The summed E-state index contributed by atoms with van der Waals surface area (Å²) in [5.41, 5.74) is 1.18. The van der Waals surface area contributed by atoms with Gasteiger partial charge >= 0.3 is 12.1 Å². The van der Waals surface area contributed by atoms with Crippen LogP contribution < -0.4 is 29.3 Å². The number of amides is 1. The van der Waals surface area contributed by atoms with Crippen LogP contribution in [0.1, 0.15) is 40.1 Å². The zero-order valence-corrected chi connectivity index (χ0v) is 33.6. The van der Waals surface area contributed by atoms with Crippen LogP contribution in [-0.2, 0) is 26.5 Å². The highest BCUT2D eigenvalue weighted by Gasteiger charge is 2.49. The highest BCUT2D eigenvalue weighted by molar-refractivity contribution is 7.10. The molecule has 1 aliphatic heterocycles. The lowest BCUT2D eigenvalue weighted by atomic mass is 9.81. The standard InChI is InChI=1S/C37H37F2N7O5S.ClH.HI/c1-24-6-5-7-28(19-51-33(47)18-45(3)4)34(24)44-36(48)50-15-14-46(23-41-22-42-46)21-37(49,30-16-29(38)12-13-31(30)39)25(2)35-43-32(20-52-35)27-10-8-26(17-40)9-11-27;;/h5-13,16,20,22-23,25,49H,14-15,18-19,21H2,1-4H3;2*1H/t25-,37+,46?;;/m0../s1. The van der Waals surface area contributed by atoms with Gasteiger partial charge in [0.15, 0.2) is 11.9 Å². The number of thiazole rings is 1. The number of nitrogens with zero attached hydrogens (tertiary/aromatic N) is 6. The molecule has 2 heterocycles. The Hall–Kier alpha value is -4.38. The van der Waals surface area contributed by atoms with Gasteiger partial charge in [0.1, 0.15) is 37.9 Å². The number of aliphatic imine (C=N–C) groups is 1. The van der Waals surface area contributed by atoms with E-state index in [2.05, 4.69) is 21.5 Å². The first-order chi connectivity index (χ1) is 24.8. The molecule has 0 aliphatic carbocycles. The molecule has 1 aromatic heterocycles. The Balaban J connectivity index is 0.00000392. The minimum absolute atomic E-state index is 0. The van der Waals surface area contributed by atoms with Crippen molar-refractivity contribution in [1.82, 2.24) is 9.88 Å². The molecular formula is C37H39ClF2IN7O5S. The smallest absolute Gasteiger partial charge is 0.411 e. The number of halogens is 4. The SMILES string of the molecule is Cc1cccc(COC(=O)CN(C)C)c1NC(=O)OCC[N+]1(C[C@](O)(c2cc(F)ccc2F)[C@@H](C)c2nc(-c3ccc(C#N)cc3)cs2)C=NC=N1.Cl.[I-]. The van der Waals surface area contributed by atoms with E-state index in [0.717, 1.165) is 29.3 Å². The molecule has 12 nitrogen and oxygen atoms in total. The number of carbonyl (C=O) groups excluding carboxylic acids is 2. The molecule has 1 amide bonds. The zero-order chi connectivity index (χ0) is 37.5. The van der Waals surface area contributed by atoms with E-state index >= 15 is 4.39 Å². The van der Waals surface area contributed by atoms with Gasteiger partial charge < -0.3 is 38.6 Å². The Kier molecular flexibility index (Phi) is 15.7. The molecule has 3 aromatic carbocycles. The van der Waals surface area contributed by atoms with Crippen LogP contribution in [0.5, 0.6) is 0 Å². The molecule has 5 rings (SSSR count). The van der Waals surface area contributed by atoms with Gasteiger partial charge in [-0.1, -0.05) is 42.4 Å². The molecular weight excluding hydrogens is 855 g/mol. The monoisotopic (exact) mass is 893 g/mol. The van der Waals surface area contributed by atoms with Crippen molar-refractivity contribution in [2.24, 2.45) is 10.1 Å². The van der Waals surface area contributed by atoms with Gasteiger partial charge in [-0.15, -0.1) is 28.3 Å². The molecule has 0 radical (unpaired) electrons. The van der Waals surface area contributed by atoms with Crippen molar-refractivity contribution in [3.05, 3.63) is 105 Å². The van der Waals surface area contributed by atoms with Gasteiger partial charge in [-0.2, -0.15) is 10.3 Å². The van der Waals surface area contributed by atoms with E-state index in [1.807, 2.05) is 0 Å². The number of carbonyl (C=O) groups is 2. The van der Waals surface area contributed by atoms with E-state index in [0.29, 0.717) is 27.5 Å². The Labute approximate surface area is 339 Å². The molecule has 1 unspecified atom stereocenters. The third kappa shape index (κ3) is 10.6. The van der Waals surface area contributed by atoms with Gasteiger partial charge in [-0.3, -0.25) is 15.0 Å². The Morgan fingerprint density at radius 2 is 1.87 bits per heavy atom. The largest absolute Gasteiger partial charge is 1.00 e. The highest BCUT2D eigenvalue weighted by atomic mass is 127. The number of para-hydroxylation sites is 1. The fourth-order valence-electron chi connectivity index (χ4n) is 5.76. The summed E-state index contributed by atoms with van der Waals surface area (Å²) < 4.78 is 40.6. The molecule has 0 saturated carbocycles. The quantitative estimate of drug-likeness (QED) is 0.111. The first-order valence-corrected chi connectivity index (χ1v) is 17.1. The maximum atomic E-state index is 15.5. The van der Waals surface area contributed by atoms with Gasteiger partial charge in [0.2, 0.25) is 6.34 Å². The predicted octanol–water partition coefficient (Wildman–Crippen LogP) is 3.34. The number of ether oxygens (including phenoxy) is 2. The highest BCUT2D eigenvalue weighted by Crippen LogP contribution is 2.42. The van der Waals surface area contributed by atoms with Gasteiger partial charge in [0.25, 0.3) is 0 Å². The summed E-state index contributed by atoms with van der Waals surface area (Å²) in [4.78, 5) is 35.7. The molecule has 17 heteroatoms. The van der Waals surface area contributed by atoms with E-state index in [9.17, 15) is 19.1 Å². The maximum Gasteiger partial charge on any atom is 0.411 e. The fourth-order valence-corrected chi connectivity index (χ4v) is 6.73. The normalized spacial score (nSPS) is 16.1. The van der Waals surface area contributed by atoms with E-state index in [4.69, 9.17) is 19.7 Å². The number of rotatable bonds is 14. The number of nitrogens with one attached hydrogen (secondary N) is 1. The Morgan fingerprint density at radius 1 is 1.13 bits per heavy atom. The van der Waals surface area contributed by atoms with E-state index in [1.165, 1.54) is 24.0 Å². The molecule has 54 heavy (non-hydrogen) atoms. The van der Waals surface area contributed by atoms with Crippen LogP contribution in [0.4, 0.5) is 19.3 Å². The second-order valence-corrected chi connectivity index (χ2v) is 13.6. The minimum Gasteiger partial charge on any atom is -1.00 e. The average Bonchev–Trinajstić information content (AvgIpc) is 3.79. The lowest BCUT2D eigenvalue weighted by Crippen LogP contribution is -3.00. The van der Waals surface area contributed by atoms with Crippen LogP contribution in [-0.4, -0.2) is 84.7 Å². The predicted molar refractivity (Wildman–Crippen MR) is 200 cm³/mol. The zero-order valence-electron chi connectivity index (χ0n) is 29.8. The molecule has 0 saturated heterocycles. The van der Waals surface area contributed by atoms with Crippen LogP contribution in [0.3, 0.4) is 0 Å². The number of likely N-dealkylation sites (N-methyl/N-ethyl adjacent to an activating group) is 1. The number of aliphatic hydroxyl groups is 1. The molecule has 4 aromatic rings. The first-order valence-electron chi connectivity index (χ1n) is 16.2. The van der Waals surface area contributed by atoms with Crippen molar-refractivity contribution in [2.45, 2.75) is 32.0 Å². The second-order valence-electron chi connectivity index (χ2n) is 12.7. The summed E-state index contributed by atoms with van der Waals surface area (Å²) >= 11 is 1.24. The molecule has 286 valence electrons. The molecule has 2 N–H and O–H groups in total. The summed E-state index contributed by atoms with van der Waals surface area (Å²) in [6, 6.07) is 17.1. The number of esters is 1. The van der Waals surface area contributed by atoms with E-state index in [-0.39, 0.29) is 74.8 Å². The third-order valence-electron chi connectivity index (χ3n) is 8.59. The van der Waals surface area contributed by atoms with Crippen LogP contribution in [0.2, 0.25) is 0 Å². The number of aromatic nitrogens is 1. The molecule has 1 aliphatic rings. The summed E-state index contributed by atoms with van der Waals surface area (Å²) in [6.07, 6.45) is 1.92. The number of anilines is 1. The number of quaternary nitrogens is 1. The summed E-state index contributed by atoms with van der Waals surface area (Å²) in [5, 5.41) is 31.1. The Morgan fingerprint density at radius 3 is 2.54 bits per heavy atom. The van der Waals surface area contributed by atoms with Crippen molar-refractivity contribution in [2.75, 3.05) is 45.7 Å². The second kappa shape index (κ2) is 19.3. The Bertz CT molecular complexity index is 2030. The topological polar surface area (TPSA) is 150 Å². The maximum absolute atomic E-state index is 15.5. The van der Waals surface area contributed by atoms with Crippen molar-refractivity contribution >= 4 is 54.2 Å². The van der Waals surface area contributed by atoms with Crippen LogP contribution in [0.15, 0.2) is 76.1 Å². The molecule has 0 bridgehead atoms. The fraction of sp³-hybridized carbons (Fsp3) is 0.297. The number of hydrogen-bond donors (Lipinski definition) is 2. The van der Waals surface area contributed by atoms with Crippen molar-refractivity contribution in [1.29, 1.82) is 5.26 Å². The lowest BCUT2D eigenvalue weighted by molar-refractivity contribution is -0.848. The average molecular weight is 894 g/mol. The number of hydrogen-bond acceptors (Lipinski definition) is 11. The van der Waals surface area contributed by atoms with Gasteiger partial charge in [-0.25, -0.2) is 18.6 Å². The van der Waals surface area contributed by atoms with Crippen molar-refractivity contribution in [3.63, 3.8) is 0 Å². The number of benzene rings is 3. The van der Waals surface area contributed by atoms with Gasteiger partial charge in [0, 0.05) is 28.0 Å². The van der Waals surface area contributed by atoms with Gasteiger partial charge in [-0.05, 0) is 56.9 Å². The number of aryl methyl sites for hydroxylation is 1. The van der Waals surface area contributed by atoms with E-state index in [1.54, 1.807) is 80.7 Å². The third-order valence-corrected chi connectivity index (χ3v) is 9.62. The lowest BCUT2D eigenvalue weighted by Gasteiger charge is -2.38. The summed E-state index contributed by atoms with van der Waals surface area (Å²) in [5.74, 6) is -2.87. The van der Waals surface area contributed by atoms with Crippen molar-refractivity contribution in [3.8, 4) is 17.3 Å². The van der Waals surface area contributed by atoms with Crippen molar-refractivity contribution < 1.29 is 61.5 Å². The molecule has 0 fully saturated rings.